The van der Waals surface area contributed by atoms with Crippen LogP contribution in [0.25, 0.3) is 0 Å². The molecule has 0 amide bonds. The average molecular weight is 248 g/mol. The Labute approximate surface area is 93.3 Å². The van der Waals surface area contributed by atoms with Crippen molar-refractivity contribution in [3.8, 4) is 5.75 Å². The van der Waals surface area contributed by atoms with Crippen LogP contribution in [0, 0.1) is 5.82 Å². The van der Waals surface area contributed by atoms with E-state index in [0.717, 1.165) is 0 Å². The second-order valence-electron chi connectivity index (χ2n) is 4.44. The molecule has 0 spiro atoms. The molecule has 0 atom stereocenters. The topological polar surface area (TPSA) is 66.8 Å². The van der Waals surface area contributed by atoms with E-state index < -0.39 is 19.1 Å². The Morgan fingerprint density at radius 1 is 1.31 bits per heavy atom. The van der Waals surface area contributed by atoms with Gasteiger partial charge in [-0.2, -0.15) is 0 Å². The van der Waals surface area contributed by atoms with Gasteiger partial charge in [-0.1, -0.05) is 26.8 Å². The Morgan fingerprint density at radius 2 is 1.88 bits per heavy atom. The van der Waals surface area contributed by atoms with Gasteiger partial charge >= 0.3 is 7.82 Å². The van der Waals surface area contributed by atoms with Crippen molar-refractivity contribution in [2.24, 2.45) is 0 Å². The van der Waals surface area contributed by atoms with Gasteiger partial charge in [0.15, 0.2) is 0 Å². The standard InChI is InChI=1S/C10H14FO4P/c1-10(2,3)9-7(11)5-4-6-8(9)15-16(12,13)14/h4-6H,1-3H3,(H2,12,13,14). The molecule has 90 valence electrons. The molecule has 0 aliphatic carbocycles. The van der Waals surface area contributed by atoms with E-state index in [0.29, 0.717) is 0 Å². The Hall–Kier alpha value is -0.900. The van der Waals surface area contributed by atoms with Crippen LogP contribution in [0.4, 0.5) is 4.39 Å². The fraction of sp³-hybridized carbons (Fsp3) is 0.400. The number of hydrogen-bond acceptors (Lipinski definition) is 2. The summed E-state index contributed by atoms with van der Waals surface area (Å²) in [4.78, 5) is 17.4. The number of halogens is 1. The molecule has 0 heterocycles. The molecule has 0 unspecified atom stereocenters. The third-order valence-corrected chi connectivity index (χ3v) is 2.38. The van der Waals surface area contributed by atoms with Crippen LogP contribution in [0.1, 0.15) is 26.3 Å². The van der Waals surface area contributed by atoms with Crippen molar-refractivity contribution >= 4 is 7.82 Å². The third kappa shape index (κ3) is 3.30. The Morgan fingerprint density at radius 3 is 2.31 bits per heavy atom. The van der Waals surface area contributed by atoms with Gasteiger partial charge in [-0.15, -0.1) is 0 Å². The zero-order chi connectivity index (χ0) is 12.6. The highest BCUT2D eigenvalue weighted by Gasteiger charge is 2.27. The van der Waals surface area contributed by atoms with Gasteiger partial charge in [0.25, 0.3) is 0 Å². The van der Waals surface area contributed by atoms with E-state index in [1.807, 2.05) is 0 Å². The first kappa shape index (κ1) is 13.2. The second-order valence-corrected chi connectivity index (χ2v) is 5.61. The lowest BCUT2D eigenvalue weighted by Crippen LogP contribution is -2.15. The number of phosphoric ester groups is 1. The molecule has 0 aliphatic rings. The van der Waals surface area contributed by atoms with Crippen LogP contribution in [0.15, 0.2) is 18.2 Å². The van der Waals surface area contributed by atoms with Crippen molar-refractivity contribution < 1.29 is 23.3 Å². The molecule has 0 bridgehead atoms. The van der Waals surface area contributed by atoms with Gasteiger partial charge < -0.3 is 4.52 Å². The van der Waals surface area contributed by atoms with Crippen molar-refractivity contribution in [2.75, 3.05) is 0 Å². The molecule has 1 rings (SSSR count). The second kappa shape index (κ2) is 4.17. The maximum Gasteiger partial charge on any atom is 0.524 e. The van der Waals surface area contributed by atoms with E-state index in [9.17, 15) is 8.96 Å². The monoisotopic (exact) mass is 248 g/mol. The Balaban J connectivity index is 3.30. The van der Waals surface area contributed by atoms with Gasteiger partial charge in [0.2, 0.25) is 0 Å². The maximum atomic E-state index is 13.6. The number of hydrogen-bond donors (Lipinski definition) is 2. The molecule has 0 radical (unpaired) electrons. The highest BCUT2D eigenvalue weighted by atomic mass is 31.2. The SMILES string of the molecule is CC(C)(C)c1c(F)cccc1OP(=O)(O)O. The van der Waals surface area contributed by atoms with Crippen molar-refractivity contribution in [1.29, 1.82) is 0 Å². The number of rotatable bonds is 2. The van der Waals surface area contributed by atoms with E-state index in [-0.39, 0.29) is 11.3 Å². The lowest BCUT2D eigenvalue weighted by molar-refractivity contribution is 0.280. The van der Waals surface area contributed by atoms with Gasteiger partial charge in [-0.25, -0.2) is 8.96 Å². The van der Waals surface area contributed by atoms with Crippen LogP contribution in [-0.2, 0) is 9.98 Å². The summed E-state index contributed by atoms with van der Waals surface area (Å²) >= 11 is 0. The zero-order valence-corrected chi connectivity index (χ0v) is 10.2. The number of benzene rings is 1. The van der Waals surface area contributed by atoms with Crippen LogP contribution in [0.2, 0.25) is 0 Å². The van der Waals surface area contributed by atoms with Crippen molar-refractivity contribution in [1.82, 2.24) is 0 Å². The maximum absolute atomic E-state index is 13.6. The lowest BCUT2D eigenvalue weighted by Gasteiger charge is -2.23. The van der Waals surface area contributed by atoms with Gasteiger partial charge in [-0.3, -0.25) is 9.79 Å². The lowest BCUT2D eigenvalue weighted by atomic mass is 9.86. The molecule has 4 nitrogen and oxygen atoms in total. The first-order valence-corrected chi connectivity index (χ1v) is 6.18. The summed E-state index contributed by atoms with van der Waals surface area (Å²) in [5.41, 5.74) is -0.450. The average Bonchev–Trinajstić information content (AvgIpc) is 1.97. The molecule has 0 saturated carbocycles. The fourth-order valence-electron chi connectivity index (χ4n) is 1.44. The minimum Gasteiger partial charge on any atom is -0.404 e. The van der Waals surface area contributed by atoms with Crippen molar-refractivity contribution in [3.63, 3.8) is 0 Å². The quantitative estimate of drug-likeness (QED) is 0.789. The Bertz CT molecular complexity index is 433. The van der Waals surface area contributed by atoms with E-state index in [1.165, 1.54) is 18.2 Å². The number of phosphoric acid groups is 1. The fourth-order valence-corrected chi connectivity index (χ4v) is 1.84. The van der Waals surface area contributed by atoms with Crippen molar-refractivity contribution in [3.05, 3.63) is 29.6 Å². The predicted molar refractivity (Wildman–Crippen MR) is 57.8 cm³/mol. The molecule has 0 aliphatic heterocycles. The molecule has 2 N–H and O–H groups in total. The van der Waals surface area contributed by atoms with E-state index in [1.54, 1.807) is 20.8 Å². The van der Waals surface area contributed by atoms with Gasteiger partial charge in [-0.05, 0) is 17.5 Å². The molecule has 1 aromatic carbocycles. The zero-order valence-electron chi connectivity index (χ0n) is 9.27. The first-order chi connectivity index (χ1) is 7.11. The van der Waals surface area contributed by atoms with Gasteiger partial charge in [0.05, 0.1) is 0 Å². The summed E-state index contributed by atoms with van der Waals surface area (Å²) in [6.07, 6.45) is 0. The summed E-state index contributed by atoms with van der Waals surface area (Å²) in [6.45, 7) is 5.20. The van der Waals surface area contributed by atoms with Crippen LogP contribution < -0.4 is 4.52 Å². The minimum absolute atomic E-state index is 0.124. The summed E-state index contributed by atoms with van der Waals surface area (Å²) in [5, 5.41) is 0. The molecule has 6 heteroatoms. The molecule has 16 heavy (non-hydrogen) atoms. The normalized spacial score (nSPS) is 12.6. The summed E-state index contributed by atoms with van der Waals surface area (Å²) in [6, 6.07) is 3.91. The molecular formula is C10H14FO4P. The first-order valence-electron chi connectivity index (χ1n) is 4.65. The van der Waals surface area contributed by atoms with Crippen LogP contribution in [0.3, 0.4) is 0 Å². The van der Waals surface area contributed by atoms with Crippen LogP contribution in [-0.4, -0.2) is 9.79 Å². The summed E-state index contributed by atoms with van der Waals surface area (Å²) in [7, 11) is -4.67. The van der Waals surface area contributed by atoms with E-state index >= 15 is 0 Å². The highest BCUT2D eigenvalue weighted by molar-refractivity contribution is 7.46. The summed E-state index contributed by atoms with van der Waals surface area (Å²) in [5.74, 6) is -0.667. The van der Waals surface area contributed by atoms with Crippen LogP contribution >= 0.6 is 7.82 Å². The highest BCUT2D eigenvalue weighted by Crippen LogP contribution is 2.42. The van der Waals surface area contributed by atoms with E-state index in [4.69, 9.17) is 9.79 Å². The third-order valence-electron chi connectivity index (χ3n) is 1.94. The Kier molecular flexibility index (Phi) is 3.43. The molecular weight excluding hydrogens is 234 g/mol. The van der Waals surface area contributed by atoms with Gasteiger partial charge in [0, 0.05) is 5.56 Å². The summed E-state index contributed by atoms with van der Waals surface area (Å²) < 4.78 is 28.8. The van der Waals surface area contributed by atoms with Crippen LogP contribution in [0.5, 0.6) is 5.75 Å². The molecule has 0 fully saturated rings. The molecule has 0 aromatic heterocycles. The minimum atomic E-state index is -4.67. The van der Waals surface area contributed by atoms with Gasteiger partial charge in [0.1, 0.15) is 11.6 Å². The smallest absolute Gasteiger partial charge is 0.404 e. The molecule has 1 aromatic rings. The largest absolute Gasteiger partial charge is 0.524 e. The molecule has 0 saturated heterocycles. The predicted octanol–water partition coefficient (Wildman–Crippen LogP) is 2.59. The van der Waals surface area contributed by atoms with Crippen molar-refractivity contribution in [2.45, 2.75) is 26.2 Å². The van der Waals surface area contributed by atoms with E-state index in [2.05, 4.69) is 4.52 Å².